The predicted octanol–water partition coefficient (Wildman–Crippen LogP) is 2.47. The zero-order valence-corrected chi connectivity index (χ0v) is 12.0. The summed E-state index contributed by atoms with van der Waals surface area (Å²) in [5.41, 5.74) is 3.48. The third-order valence-corrected chi connectivity index (χ3v) is 4.05. The molecule has 21 heavy (non-hydrogen) atoms. The minimum absolute atomic E-state index is 0.0375. The van der Waals surface area contributed by atoms with Crippen molar-refractivity contribution in [3.8, 4) is 0 Å². The maximum atomic E-state index is 12.5. The molecule has 0 bridgehead atoms. The SMILES string of the molecule is CC1=CCCN(C(=O)N2Cc3ccc(C(=O)O)cc3C2)C1. The van der Waals surface area contributed by atoms with Gasteiger partial charge < -0.3 is 14.9 Å². The fourth-order valence-electron chi connectivity index (χ4n) is 2.94. The largest absolute Gasteiger partial charge is 0.478 e. The van der Waals surface area contributed by atoms with E-state index in [2.05, 4.69) is 6.08 Å². The molecule has 0 atom stereocenters. The zero-order chi connectivity index (χ0) is 15.0. The fraction of sp³-hybridized carbons (Fsp3) is 0.375. The fourth-order valence-corrected chi connectivity index (χ4v) is 2.94. The summed E-state index contributed by atoms with van der Waals surface area (Å²) in [7, 11) is 0. The number of benzene rings is 1. The number of hydrogen-bond acceptors (Lipinski definition) is 2. The van der Waals surface area contributed by atoms with Gasteiger partial charge in [0.25, 0.3) is 0 Å². The van der Waals surface area contributed by atoms with Crippen LogP contribution < -0.4 is 0 Å². The Kier molecular flexibility index (Phi) is 3.41. The summed E-state index contributed by atoms with van der Waals surface area (Å²) in [4.78, 5) is 27.2. The minimum Gasteiger partial charge on any atom is -0.478 e. The number of hydrogen-bond donors (Lipinski definition) is 1. The molecule has 2 amide bonds. The number of carboxylic acids is 1. The Morgan fingerprint density at radius 2 is 1.86 bits per heavy atom. The Morgan fingerprint density at radius 3 is 2.57 bits per heavy atom. The molecule has 0 unspecified atom stereocenters. The average molecular weight is 286 g/mol. The zero-order valence-electron chi connectivity index (χ0n) is 12.0. The summed E-state index contributed by atoms with van der Waals surface area (Å²) < 4.78 is 0. The van der Waals surface area contributed by atoms with Gasteiger partial charge in [-0.1, -0.05) is 17.7 Å². The van der Waals surface area contributed by atoms with E-state index in [0.29, 0.717) is 19.6 Å². The number of aromatic carboxylic acids is 1. The molecule has 1 aromatic carbocycles. The van der Waals surface area contributed by atoms with Crippen LogP contribution in [0.2, 0.25) is 0 Å². The molecule has 5 heteroatoms. The summed E-state index contributed by atoms with van der Waals surface area (Å²) in [5, 5.41) is 9.03. The first-order valence-corrected chi connectivity index (χ1v) is 7.09. The van der Waals surface area contributed by atoms with Gasteiger partial charge in [-0.2, -0.15) is 0 Å². The number of urea groups is 1. The lowest BCUT2D eigenvalue weighted by Gasteiger charge is -2.30. The smallest absolute Gasteiger partial charge is 0.335 e. The van der Waals surface area contributed by atoms with E-state index >= 15 is 0 Å². The lowest BCUT2D eigenvalue weighted by Crippen LogP contribution is -2.43. The molecule has 110 valence electrons. The van der Waals surface area contributed by atoms with E-state index in [-0.39, 0.29) is 11.6 Å². The highest BCUT2D eigenvalue weighted by Gasteiger charge is 2.28. The van der Waals surface area contributed by atoms with Crippen molar-refractivity contribution in [3.05, 3.63) is 46.5 Å². The molecule has 1 aromatic rings. The van der Waals surface area contributed by atoms with E-state index in [9.17, 15) is 9.59 Å². The van der Waals surface area contributed by atoms with E-state index in [0.717, 1.165) is 24.1 Å². The van der Waals surface area contributed by atoms with Crippen LogP contribution in [0.1, 0.15) is 34.8 Å². The summed E-state index contributed by atoms with van der Waals surface area (Å²) in [6, 6.07) is 5.12. The molecule has 0 saturated heterocycles. The molecule has 0 aromatic heterocycles. The molecule has 1 N–H and O–H groups in total. The van der Waals surface area contributed by atoms with Crippen molar-refractivity contribution >= 4 is 12.0 Å². The summed E-state index contributed by atoms with van der Waals surface area (Å²) in [6.07, 6.45) is 3.07. The Labute approximate surface area is 123 Å². The van der Waals surface area contributed by atoms with Crippen LogP contribution in [0.5, 0.6) is 0 Å². The van der Waals surface area contributed by atoms with E-state index in [1.807, 2.05) is 17.9 Å². The molecule has 0 saturated carbocycles. The Hall–Kier alpha value is -2.30. The monoisotopic (exact) mass is 286 g/mol. The molecular weight excluding hydrogens is 268 g/mol. The number of amides is 2. The third-order valence-electron chi connectivity index (χ3n) is 4.05. The van der Waals surface area contributed by atoms with Crippen LogP contribution in [0.4, 0.5) is 4.79 Å². The van der Waals surface area contributed by atoms with Crippen LogP contribution in [0, 0.1) is 0 Å². The van der Waals surface area contributed by atoms with Crippen LogP contribution in [0.25, 0.3) is 0 Å². The van der Waals surface area contributed by atoms with E-state index in [4.69, 9.17) is 5.11 Å². The van der Waals surface area contributed by atoms with Crippen molar-refractivity contribution in [2.45, 2.75) is 26.4 Å². The Balaban J connectivity index is 1.74. The normalized spacial score (nSPS) is 17.5. The van der Waals surface area contributed by atoms with Gasteiger partial charge in [-0.15, -0.1) is 0 Å². The molecular formula is C16H18N2O3. The van der Waals surface area contributed by atoms with Crippen molar-refractivity contribution in [2.24, 2.45) is 0 Å². The standard InChI is InChI=1S/C16H18N2O3/c1-11-3-2-6-17(8-11)16(21)18-9-13-5-4-12(15(19)20)7-14(13)10-18/h3-5,7H,2,6,8-10H2,1H3,(H,19,20). The molecule has 2 aliphatic heterocycles. The maximum Gasteiger partial charge on any atom is 0.335 e. The minimum atomic E-state index is -0.931. The number of carbonyl (C=O) groups excluding carboxylic acids is 1. The first-order chi connectivity index (χ1) is 10.0. The van der Waals surface area contributed by atoms with E-state index in [1.165, 1.54) is 5.57 Å². The van der Waals surface area contributed by atoms with Crippen molar-refractivity contribution < 1.29 is 14.7 Å². The maximum absolute atomic E-state index is 12.5. The molecule has 0 aliphatic carbocycles. The third kappa shape index (κ3) is 2.63. The second-order valence-electron chi connectivity index (χ2n) is 5.69. The second-order valence-corrected chi connectivity index (χ2v) is 5.69. The van der Waals surface area contributed by atoms with Gasteiger partial charge in [-0.05, 0) is 36.6 Å². The number of carboxylic acid groups (broad SMARTS) is 1. The molecule has 0 fully saturated rings. The Morgan fingerprint density at radius 1 is 1.10 bits per heavy atom. The highest BCUT2D eigenvalue weighted by atomic mass is 16.4. The molecule has 0 spiro atoms. The summed E-state index contributed by atoms with van der Waals surface area (Å²) in [6.45, 7) is 4.54. The van der Waals surface area contributed by atoms with Crippen molar-refractivity contribution in [2.75, 3.05) is 13.1 Å². The van der Waals surface area contributed by atoms with Gasteiger partial charge in [0, 0.05) is 26.2 Å². The summed E-state index contributed by atoms with van der Waals surface area (Å²) >= 11 is 0. The number of nitrogens with zero attached hydrogens (tertiary/aromatic N) is 2. The summed E-state index contributed by atoms with van der Waals surface area (Å²) in [5.74, 6) is -0.931. The highest BCUT2D eigenvalue weighted by molar-refractivity contribution is 5.88. The first-order valence-electron chi connectivity index (χ1n) is 7.09. The molecule has 2 heterocycles. The van der Waals surface area contributed by atoms with E-state index < -0.39 is 5.97 Å². The number of rotatable bonds is 1. The molecule has 0 radical (unpaired) electrons. The van der Waals surface area contributed by atoms with Crippen LogP contribution >= 0.6 is 0 Å². The van der Waals surface area contributed by atoms with Gasteiger partial charge in [0.05, 0.1) is 5.56 Å². The van der Waals surface area contributed by atoms with Gasteiger partial charge in [0.1, 0.15) is 0 Å². The van der Waals surface area contributed by atoms with Crippen LogP contribution in [0.3, 0.4) is 0 Å². The van der Waals surface area contributed by atoms with Gasteiger partial charge in [-0.3, -0.25) is 0 Å². The molecule has 2 aliphatic rings. The van der Waals surface area contributed by atoms with Gasteiger partial charge in [-0.25, -0.2) is 9.59 Å². The van der Waals surface area contributed by atoms with Crippen LogP contribution in [-0.4, -0.2) is 40.0 Å². The lowest BCUT2D eigenvalue weighted by atomic mass is 10.1. The predicted molar refractivity (Wildman–Crippen MR) is 78.0 cm³/mol. The topological polar surface area (TPSA) is 60.9 Å². The lowest BCUT2D eigenvalue weighted by molar-refractivity contribution is 0.0696. The molecule has 5 nitrogen and oxygen atoms in total. The van der Waals surface area contributed by atoms with Gasteiger partial charge in [0.2, 0.25) is 0 Å². The number of carbonyl (C=O) groups is 2. The van der Waals surface area contributed by atoms with Gasteiger partial charge in [0.15, 0.2) is 0 Å². The molecule has 3 rings (SSSR count). The van der Waals surface area contributed by atoms with Gasteiger partial charge >= 0.3 is 12.0 Å². The number of fused-ring (bicyclic) bond motifs is 1. The van der Waals surface area contributed by atoms with E-state index in [1.54, 1.807) is 17.0 Å². The Bertz CT molecular complexity index is 636. The van der Waals surface area contributed by atoms with Crippen molar-refractivity contribution in [1.82, 2.24) is 9.80 Å². The van der Waals surface area contributed by atoms with Crippen molar-refractivity contribution in [3.63, 3.8) is 0 Å². The van der Waals surface area contributed by atoms with Crippen LogP contribution in [0.15, 0.2) is 29.8 Å². The van der Waals surface area contributed by atoms with Crippen molar-refractivity contribution in [1.29, 1.82) is 0 Å². The average Bonchev–Trinajstić information content (AvgIpc) is 2.89. The van der Waals surface area contributed by atoms with Crippen LogP contribution in [-0.2, 0) is 13.1 Å². The highest BCUT2D eigenvalue weighted by Crippen LogP contribution is 2.25. The second kappa shape index (κ2) is 5.24. The first kappa shape index (κ1) is 13.7. The quantitative estimate of drug-likeness (QED) is 0.807.